The van der Waals surface area contributed by atoms with Gasteiger partial charge in [-0.15, -0.1) is 24.0 Å². The predicted octanol–water partition coefficient (Wildman–Crippen LogP) is 4.56. The van der Waals surface area contributed by atoms with Crippen LogP contribution in [-0.4, -0.2) is 56.4 Å². The average Bonchev–Trinajstić information content (AvgIpc) is 2.65. The van der Waals surface area contributed by atoms with E-state index in [-0.39, 0.29) is 30.6 Å². The molecular formula is C21H36F3IN4O. The van der Waals surface area contributed by atoms with E-state index in [1.165, 1.54) is 0 Å². The summed E-state index contributed by atoms with van der Waals surface area (Å²) in [6, 6.07) is 7.83. The molecule has 9 heteroatoms. The first-order chi connectivity index (χ1) is 13.7. The molecule has 2 N–H and O–H groups in total. The van der Waals surface area contributed by atoms with Crippen molar-refractivity contribution in [2.45, 2.75) is 59.0 Å². The minimum absolute atomic E-state index is 0. The smallest absolute Gasteiger partial charge is 0.367 e. The summed E-state index contributed by atoms with van der Waals surface area (Å²) in [7, 11) is 2.14. The maximum atomic E-state index is 12.1. The highest BCUT2D eigenvalue weighted by atomic mass is 127. The normalized spacial score (nSPS) is 12.2. The molecule has 174 valence electrons. The van der Waals surface area contributed by atoms with Crippen LogP contribution >= 0.6 is 24.0 Å². The third-order valence-electron chi connectivity index (χ3n) is 4.43. The quantitative estimate of drug-likeness (QED) is 0.175. The standard InChI is InChI=1S/C21H35F3N4O.HI/c1-5-25-20(26-12-6-7-13-28(4)17(2)3)27-14-18-8-10-19(11-9-18)15-29-16-21(22,23)24;/h8-11,17H,5-7,12-16H2,1-4H3,(H2,25,26,27);1H. The molecule has 0 saturated carbocycles. The van der Waals surface area contributed by atoms with Crippen molar-refractivity contribution in [1.82, 2.24) is 15.5 Å². The number of ether oxygens (including phenoxy) is 1. The van der Waals surface area contributed by atoms with Gasteiger partial charge in [-0.05, 0) is 58.3 Å². The second kappa shape index (κ2) is 15.7. The number of guanidine groups is 1. The maximum absolute atomic E-state index is 12.1. The van der Waals surface area contributed by atoms with Crippen molar-refractivity contribution in [2.75, 3.05) is 33.3 Å². The summed E-state index contributed by atoms with van der Waals surface area (Å²) in [5.74, 6) is 0.766. The van der Waals surface area contributed by atoms with E-state index < -0.39 is 12.8 Å². The Hall–Kier alpha value is -1.07. The second-order valence-electron chi connectivity index (χ2n) is 7.33. The van der Waals surface area contributed by atoms with Crippen LogP contribution in [0.2, 0.25) is 0 Å². The zero-order valence-corrected chi connectivity index (χ0v) is 20.7. The van der Waals surface area contributed by atoms with Crippen molar-refractivity contribution in [3.8, 4) is 0 Å². The van der Waals surface area contributed by atoms with Gasteiger partial charge in [-0.25, -0.2) is 4.99 Å². The first kappa shape index (κ1) is 28.9. The van der Waals surface area contributed by atoms with E-state index in [1.54, 1.807) is 12.1 Å². The monoisotopic (exact) mass is 544 g/mol. The number of rotatable bonds is 12. The Bertz CT molecular complexity index is 595. The highest BCUT2D eigenvalue weighted by Gasteiger charge is 2.27. The number of nitrogens with one attached hydrogen (secondary N) is 2. The molecule has 30 heavy (non-hydrogen) atoms. The molecule has 0 heterocycles. The summed E-state index contributed by atoms with van der Waals surface area (Å²) in [5.41, 5.74) is 1.69. The first-order valence-electron chi connectivity index (χ1n) is 10.2. The lowest BCUT2D eigenvalue weighted by molar-refractivity contribution is -0.176. The van der Waals surface area contributed by atoms with E-state index in [2.05, 4.69) is 46.2 Å². The van der Waals surface area contributed by atoms with Gasteiger partial charge in [-0.1, -0.05) is 24.3 Å². The summed E-state index contributed by atoms with van der Waals surface area (Å²) in [4.78, 5) is 6.90. The highest BCUT2D eigenvalue weighted by molar-refractivity contribution is 14.0. The van der Waals surface area contributed by atoms with Crippen LogP contribution in [0.3, 0.4) is 0 Å². The Balaban J connectivity index is 0.00000841. The van der Waals surface area contributed by atoms with Gasteiger partial charge in [0.1, 0.15) is 6.61 Å². The summed E-state index contributed by atoms with van der Waals surface area (Å²) < 4.78 is 41.0. The summed E-state index contributed by atoms with van der Waals surface area (Å²) >= 11 is 0. The molecule has 5 nitrogen and oxygen atoms in total. The highest BCUT2D eigenvalue weighted by Crippen LogP contribution is 2.16. The SMILES string of the molecule is CCNC(=NCc1ccc(COCC(F)(F)F)cc1)NCCCCN(C)C(C)C.I. The number of halogens is 4. The van der Waals surface area contributed by atoms with Gasteiger partial charge < -0.3 is 20.3 Å². The number of hydrogen-bond donors (Lipinski definition) is 2. The summed E-state index contributed by atoms with van der Waals surface area (Å²) in [6.45, 7) is 8.31. The van der Waals surface area contributed by atoms with Crippen molar-refractivity contribution in [1.29, 1.82) is 0 Å². The van der Waals surface area contributed by atoms with Gasteiger partial charge in [0.25, 0.3) is 0 Å². The molecule has 0 spiro atoms. The topological polar surface area (TPSA) is 48.9 Å². The third-order valence-corrected chi connectivity index (χ3v) is 4.43. The van der Waals surface area contributed by atoms with E-state index in [1.807, 2.05) is 19.1 Å². The van der Waals surface area contributed by atoms with Crippen LogP contribution < -0.4 is 10.6 Å². The van der Waals surface area contributed by atoms with Crippen molar-refractivity contribution in [2.24, 2.45) is 4.99 Å². The van der Waals surface area contributed by atoms with E-state index in [4.69, 9.17) is 0 Å². The molecule has 0 aliphatic rings. The number of alkyl halides is 3. The van der Waals surface area contributed by atoms with Crippen molar-refractivity contribution >= 4 is 29.9 Å². The van der Waals surface area contributed by atoms with E-state index in [9.17, 15) is 13.2 Å². The van der Waals surface area contributed by atoms with Gasteiger partial charge in [0.15, 0.2) is 5.96 Å². The van der Waals surface area contributed by atoms with Crippen molar-refractivity contribution < 1.29 is 17.9 Å². The number of nitrogens with zero attached hydrogens (tertiary/aromatic N) is 2. The molecule has 0 radical (unpaired) electrons. The number of hydrogen-bond acceptors (Lipinski definition) is 3. The fourth-order valence-electron chi connectivity index (χ4n) is 2.49. The third kappa shape index (κ3) is 14.0. The zero-order valence-electron chi connectivity index (χ0n) is 18.4. The Labute approximate surface area is 195 Å². The fraction of sp³-hybridized carbons (Fsp3) is 0.667. The number of benzene rings is 1. The lowest BCUT2D eigenvalue weighted by atomic mass is 10.1. The van der Waals surface area contributed by atoms with E-state index in [0.29, 0.717) is 18.2 Å². The molecule has 1 rings (SSSR count). The second-order valence-corrected chi connectivity index (χ2v) is 7.33. The maximum Gasteiger partial charge on any atom is 0.411 e. The molecule has 0 bridgehead atoms. The van der Waals surface area contributed by atoms with Gasteiger partial charge in [0.05, 0.1) is 13.2 Å². The molecule has 0 aliphatic heterocycles. The predicted molar refractivity (Wildman–Crippen MR) is 127 cm³/mol. The van der Waals surface area contributed by atoms with Crippen LogP contribution in [0.15, 0.2) is 29.3 Å². The summed E-state index contributed by atoms with van der Waals surface area (Å²) in [6.07, 6.45) is -2.11. The molecule has 0 saturated heterocycles. The molecule has 0 aromatic heterocycles. The van der Waals surface area contributed by atoms with Gasteiger partial charge in [-0.2, -0.15) is 13.2 Å². The molecule has 0 amide bonds. The largest absolute Gasteiger partial charge is 0.411 e. The van der Waals surface area contributed by atoms with Crippen LogP contribution in [0.1, 0.15) is 44.7 Å². The van der Waals surface area contributed by atoms with Gasteiger partial charge >= 0.3 is 6.18 Å². The Morgan fingerprint density at radius 3 is 2.30 bits per heavy atom. The molecule has 1 aromatic carbocycles. The van der Waals surface area contributed by atoms with Crippen LogP contribution in [-0.2, 0) is 17.9 Å². The average molecular weight is 544 g/mol. The van der Waals surface area contributed by atoms with Gasteiger partial charge in [0.2, 0.25) is 0 Å². The van der Waals surface area contributed by atoms with E-state index >= 15 is 0 Å². The van der Waals surface area contributed by atoms with Gasteiger partial charge in [0, 0.05) is 19.1 Å². The number of aliphatic imine (C=N–C) groups is 1. The molecule has 0 fully saturated rings. The van der Waals surface area contributed by atoms with Crippen molar-refractivity contribution in [3.05, 3.63) is 35.4 Å². The summed E-state index contributed by atoms with van der Waals surface area (Å²) in [5, 5.41) is 6.57. The van der Waals surface area contributed by atoms with Gasteiger partial charge in [-0.3, -0.25) is 0 Å². The Morgan fingerprint density at radius 1 is 1.10 bits per heavy atom. The molecule has 0 aliphatic carbocycles. The zero-order chi connectivity index (χ0) is 21.7. The lowest BCUT2D eigenvalue weighted by Gasteiger charge is -2.20. The van der Waals surface area contributed by atoms with E-state index in [0.717, 1.165) is 44.0 Å². The molecule has 0 atom stereocenters. The van der Waals surface area contributed by atoms with Crippen LogP contribution in [0.4, 0.5) is 13.2 Å². The molecule has 1 aromatic rings. The number of unbranched alkanes of at least 4 members (excludes halogenated alkanes) is 1. The molecular weight excluding hydrogens is 508 g/mol. The van der Waals surface area contributed by atoms with Crippen molar-refractivity contribution in [3.63, 3.8) is 0 Å². The first-order valence-corrected chi connectivity index (χ1v) is 10.2. The molecule has 0 unspecified atom stereocenters. The van der Waals surface area contributed by atoms with Crippen LogP contribution in [0, 0.1) is 0 Å². The van der Waals surface area contributed by atoms with Crippen LogP contribution in [0.5, 0.6) is 0 Å². The fourth-order valence-corrected chi connectivity index (χ4v) is 2.49. The lowest BCUT2D eigenvalue weighted by Crippen LogP contribution is -2.38. The Kier molecular flexibility index (Phi) is 15.1. The minimum atomic E-state index is -4.30. The minimum Gasteiger partial charge on any atom is -0.367 e. The van der Waals surface area contributed by atoms with Crippen LogP contribution in [0.25, 0.3) is 0 Å². The Morgan fingerprint density at radius 2 is 1.73 bits per heavy atom.